The minimum absolute atomic E-state index is 0. The highest BCUT2D eigenvalue weighted by Gasteiger charge is 2.30. The lowest BCUT2D eigenvalue weighted by molar-refractivity contribution is 0.100. The van der Waals surface area contributed by atoms with Crippen LogP contribution in [-0.4, -0.2) is 40.7 Å². The van der Waals surface area contributed by atoms with Crippen LogP contribution in [0.4, 0.5) is 4.39 Å². The third-order valence-corrected chi connectivity index (χ3v) is 6.68. The lowest BCUT2D eigenvalue weighted by Crippen LogP contribution is -2.38. The number of piperidine rings is 1. The maximum absolute atomic E-state index is 13.1. The number of benzene rings is 2. The molecule has 30 heavy (non-hydrogen) atoms. The van der Waals surface area contributed by atoms with Gasteiger partial charge in [0.25, 0.3) is 0 Å². The molecule has 2 fully saturated rings. The fraction of sp³-hybridized carbons (Fsp3) is 0.435. The zero-order chi connectivity index (χ0) is 19.8. The molecule has 4 nitrogen and oxygen atoms in total. The molecule has 2 aromatic carbocycles. The molecule has 3 heterocycles. The van der Waals surface area contributed by atoms with Crippen LogP contribution in [0.5, 0.6) is 0 Å². The van der Waals surface area contributed by atoms with E-state index in [1.807, 2.05) is 18.2 Å². The van der Waals surface area contributed by atoms with Gasteiger partial charge in [0.2, 0.25) is 0 Å². The summed E-state index contributed by atoms with van der Waals surface area (Å²) in [5.41, 5.74) is 3.42. The standard InChI is InChI=1S/C23H26FN3OS.ClH/c24-18-7-5-17(6-8-18)22-13-16(15-28-22)14-26-11-9-19(10-12-26)27-21-4-2-1-3-20(21)25-23(27)29;/h1-8,16,19,22H,9-15H2,(H,25,29);1H. The molecule has 0 bridgehead atoms. The first-order valence-electron chi connectivity index (χ1n) is 10.5. The van der Waals surface area contributed by atoms with Gasteiger partial charge in [-0.05, 0) is 67.2 Å². The van der Waals surface area contributed by atoms with E-state index in [-0.39, 0.29) is 24.3 Å². The van der Waals surface area contributed by atoms with E-state index in [1.165, 1.54) is 17.6 Å². The predicted molar refractivity (Wildman–Crippen MR) is 122 cm³/mol. The molecule has 1 aromatic heterocycles. The number of imidazole rings is 1. The van der Waals surface area contributed by atoms with Gasteiger partial charge in [-0.3, -0.25) is 0 Å². The Morgan fingerprint density at radius 1 is 1.07 bits per heavy atom. The number of hydrogen-bond acceptors (Lipinski definition) is 3. The number of nitrogens with one attached hydrogen (secondary N) is 1. The van der Waals surface area contributed by atoms with E-state index in [4.69, 9.17) is 17.0 Å². The van der Waals surface area contributed by atoms with Gasteiger partial charge in [0.1, 0.15) is 5.82 Å². The average Bonchev–Trinajstić information content (AvgIpc) is 3.33. The summed E-state index contributed by atoms with van der Waals surface area (Å²) in [6.07, 6.45) is 3.35. The van der Waals surface area contributed by atoms with Crippen molar-refractivity contribution in [2.24, 2.45) is 5.92 Å². The van der Waals surface area contributed by atoms with Gasteiger partial charge in [-0.15, -0.1) is 12.4 Å². The fourth-order valence-electron chi connectivity index (χ4n) is 4.89. The van der Waals surface area contributed by atoms with Crippen molar-refractivity contribution in [3.63, 3.8) is 0 Å². The molecule has 7 heteroatoms. The van der Waals surface area contributed by atoms with Crippen LogP contribution < -0.4 is 0 Å². The minimum atomic E-state index is -0.193. The zero-order valence-electron chi connectivity index (χ0n) is 16.8. The van der Waals surface area contributed by atoms with Crippen molar-refractivity contribution in [3.05, 3.63) is 64.7 Å². The normalized spacial score (nSPS) is 23.0. The summed E-state index contributed by atoms with van der Waals surface area (Å²) in [6, 6.07) is 15.6. The lowest BCUT2D eigenvalue weighted by Gasteiger charge is -2.34. The number of aromatic amines is 1. The van der Waals surface area contributed by atoms with Gasteiger partial charge < -0.3 is 19.2 Å². The summed E-state index contributed by atoms with van der Waals surface area (Å²) in [4.78, 5) is 5.91. The average molecular weight is 448 g/mol. The SMILES string of the molecule is Cl.Fc1ccc(C2CC(CN3CCC(n4c(=S)[nH]c5ccccc54)CC3)CO2)cc1. The number of hydrogen-bond donors (Lipinski definition) is 1. The molecule has 5 rings (SSSR count). The number of fused-ring (bicyclic) bond motifs is 1. The van der Waals surface area contributed by atoms with Crippen LogP contribution in [0, 0.1) is 16.5 Å². The maximum atomic E-state index is 13.1. The minimum Gasteiger partial charge on any atom is -0.373 e. The predicted octanol–water partition coefficient (Wildman–Crippen LogP) is 5.67. The highest BCUT2D eigenvalue weighted by molar-refractivity contribution is 7.71. The molecule has 2 atom stereocenters. The summed E-state index contributed by atoms with van der Waals surface area (Å²) in [6.45, 7) is 4.03. The Labute approximate surface area is 187 Å². The van der Waals surface area contributed by atoms with E-state index in [9.17, 15) is 4.39 Å². The lowest BCUT2D eigenvalue weighted by atomic mass is 9.98. The number of ether oxygens (including phenoxy) is 1. The summed E-state index contributed by atoms with van der Waals surface area (Å²) >= 11 is 5.60. The third kappa shape index (κ3) is 4.33. The summed E-state index contributed by atoms with van der Waals surface area (Å²) in [7, 11) is 0. The highest BCUT2D eigenvalue weighted by Crippen LogP contribution is 2.34. The van der Waals surface area contributed by atoms with Crippen molar-refractivity contribution >= 4 is 35.7 Å². The molecule has 0 aliphatic carbocycles. The van der Waals surface area contributed by atoms with Crippen LogP contribution >= 0.6 is 24.6 Å². The molecule has 0 radical (unpaired) electrons. The summed E-state index contributed by atoms with van der Waals surface area (Å²) < 4.78 is 22.3. The molecule has 2 unspecified atom stereocenters. The van der Waals surface area contributed by atoms with Crippen LogP contribution in [0.1, 0.15) is 37.0 Å². The number of halogens is 2. The number of aromatic nitrogens is 2. The Morgan fingerprint density at radius 2 is 1.80 bits per heavy atom. The van der Waals surface area contributed by atoms with Gasteiger partial charge in [-0.2, -0.15) is 0 Å². The van der Waals surface area contributed by atoms with Crippen LogP contribution in [0.25, 0.3) is 11.0 Å². The quantitative estimate of drug-likeness (QED) is 0.523. The van der Waals surface area contributed by atoms with E-state index in [0.29, 0.717) is 12.0 Å². The number of H-pyrrole nitrogens is 1. The smallest absolute Gasteiger partial charge is 0.178 e. The molecule has 2 saturated heterocycles. The fourth-order valence-corrected chi connectivity index (χ4v) is 5.25. The van der Waals surface area contributed by atoms with Gasteiger partial charge in [0.05, 0.1) is 23.7 Å². The Morgan fingerprint density at radius 3 is 2.57 bits per heavy atom. The van der Waals surface area contributed by atoms with Gasteiger partial charge in [0.15, 0.2) is 4.77 Å². The molecule has 0 spiro atoms. The molecular weight excluding hydrogens is 421 g/mol. The van der Waals surface area contributed by atoms with Crippen LogP contribution in [-0.2, 0) is 4.74 Å². The molecule has 2 aliphatic heterocycles. The topological polar surface area (TPSA) is 33.2 Å². The molecule has 160 valence electrons. The van der Waals surface area contributed by atoms with Gasteiger partial charge in [0, 0.05) is 25.7 Å². The monoisotopic (exact) mass is 447 g/mol. The third-order valence-electron chi connectivity index (χ3n) is 6.38. The van der Waals surface area contributed by atoms with Crippen molar-refractivity contribution in [1.29, 1.82) is 0 Å². The molecule has 0 amide bonds. The first kappa shape index (κ1) is 21.5. The van der Waals surface area contributed by atoms with Crippen LogP contribution in [0.2, 0.25) is 0 Å². The van der Waals surface area contributed by atoms with Gasteiger partial charge in [-0.25, -0.2) is 4.39 Å². The molecular formula is C23H27ClFN3OS. The van der Waals surface area contributed by atoms with Gasteiger partial charge in [-0.1, -0.05) is 24.3 Å². The Bertz CT molecular complexity index is 1040. The second-order valence-electron chi connectivity index (χ2n) is 8.32. The van der Waals surface area contributed by atoms with Crippen LogP contribution in [0.15, 0.2) is 48.5 Å². The Hall–Kier alpha value is -1.73. The summed E-state index contributed by atoms with van der Waals surface area (Å²) in [5.74, 6) is 0.346. The first-order chi connectivity index (χ1) is 14.2. The number of para-hydroxylation sites is 2. The van der Waals surface area contributed by atoms with Crippen molar-refractivity contribution in [3.8, 4) is 0 Å². The zero-order valence-corrected chi connectivity index (χ0v) is 18.4. The maximum Gasteiger partial charge on any atom is 0.178 e. The number of rotatable bonds is 4. The van der Waals surface area contributed by atoms with Crippen molar-refractivity contribution in [2.75, 3.05) is 26.2 Å². The second-order valence-corrected chi connectivity index (χ2v) is 8.71. The first-order valence-corrected chi connectivity index (χ1v) is 10.9. The van der Waals surface area contributed by atoms with Crippen molar-refractivity contribution in [1.82, 2.24) is 14.5 Å². The van der Waals surface area contributed by atoms with Gasteiger partial charge >= 0.3 is 0 Å². The molecule has 1 N–H and O–H groups in total. The summed E-state index contributed by atoms with van der Waals surface area (Å²) in [5, 5.41) is 0. The van der Waals surface area contributed by atoms with Crippen molar-refractivity contribution in [2.45, 2.75) is 31.4 Å². The largest absolute Gasteiger partial charge is 0.373 e. The molecule has 3 aromatic rings. The van der Waals surface area contributed by atoms with E-state index >= 15 is 0 Å². The highest BCUT2D eigenvalue weighted by atomic mass is 35.5. The Balaban J connectivity index is 0.00000218. The number of nitrogens with zero attached hydrogens (tertiary/aromatic N) is 2. The van der Waals surface area contributed by atoms with E-state index in [1.54, 1.807) is 0 Å². The van der Waals surface area contributed by atoms with E-state index in [0.717, 1.165) is 61.4 Å². The van der Waals surface area contributed by atoms with Crippen LogP contribution in [0.3, 0.4) is 0 Å². The van der Waals surface area contributed by atoms with Crippen molar-refractivity contribution < 1.29 is 9.13 Å². The Kier molecular flexibility index (Phi) is 6.58. The second kappa shape index (κ2) is 9.18. The molecule has 2 aliphatic rings. The van der Waals surface area contributed by atoms with E-state index in [2.05, 4.69) is 32.7 Å². The van der Waals surface area contributed by atoms with E-state index < -0.39 is 0 Å². The number of likely N-dealkylation sites (tertiary alicyclic amines) is 1. The molecule has 0 saturated carbocycles.